The first-order chi connectivity index (χ1) is 13.9. The number of quaternary nitrogens is 1. The lowest BCUT2D eigenvalue weighted by Gasteiger charge is -2.33. The zero-order chi connectivity index (χ0) is 20.6. The summed E-state index contributed by atoms with van der Waals surface area (Å²) in [5.74, 6) is -0.310. The highest BCUT2D eigenvalue weighted by molar-refractivity contribution is 7.89. The predicted octanol–water partition coefficient (Wildman–Crippen LogP) is 0.376. The summed E-state index contributed by atoms with van der Waals surface area (Å²) < 4.78 is 26.0. The molecule has 0 spiro atoms. The largest absolute Gasteiger partial charge is 0.331 e. The molecule has 4 rings (SSSR count). The van der Waals surface area contributed by atoms with E-state index >= 15 is 0 Å². The van der Waals surface area contributed by atoms with Gasteiger partial charge in [-0.2, -0.15) is 4.31 Å². The van der Waals surface area contributed by atoms with Gasteiger partial charge in [0.1, 0.15) is 0 Å². The summed E-state index contributed by atoms with van der Waals surface area (Å²) in [4.78, 5) is 28.5. The minimum Gasteiger partial charge on any atom is -0.331 e. The molecule has 0 saturated carbocycles. The number of nitrogens with one attached hydrogen (secondary N) is 1. The second kappa shape index (κ2) is 7.85. The summed E-state index contributed by atoms with van der Waals surface area (Å²) in [5, 5.41) is 1.64. The normalized spacial score (nSPS) is 18.6. The summed E-state index contributed by atoms with van der Waals surface area (Å²) in [6.45, 7) is 5.17. The Morgan fingerprint density at radius 3 is 2.10 bits per heavy atom. The van der Waals surface area contributed by atoms with E-state index in [1.165, 1.54) is 9.80 Å². The van der Waals surface area contributed by atoms with Gasteiger partial charge in [-0.3, -0.25) is 14.5 Å². The molecule has 2 amide bonds. The molecule has 2 aliphatic rings. The highest BCUT2D eigenvalue weighted by atomic mass is 32.2. The van der Waals surface area contributed by atoms with Crippen molar-refractivity contribution in [1.29, 1.82) is 0 Å². The van der Waals surface area contributed by atoms with E-state index in [4.69, 9.17) is 0 Å². The van der Waals surface area contributed by atoms with E-state index in [2.05, 4.69) is 0 Å². The van der Waals surface area contributed by atoms with Crippen LogP contribution in [0.5, 0.6) is 0 Å². The van der Waals surface area contributed by atoms with Crippen molar-refractivity contribution < 1.29 is 22.9 Å². The molecule has 0 unspecified atom stereocenters. The van der Waals surface area contributed by atoms with Crippen LogP contribution in [0.2, 0.25) is 0 Å². The number of rotatable bonds is 6. The third-order valence-electron chi connectivity index (χ3n) is 5.83. The Kier molecular flexibility index (Phi) is 5.42. The Bertz CT molecular complexity index is 1010. The fraction of sp³-hybridized carbons (Fsp3) is 0.429. The third kappa shape index (κ3) is 3.68. The molecular formula is C21H26N3O4S+. The average Bonchev–Trinajstić information content (AvgIpc) is 2.72. The van der Waals surface area contributed by atoms with E-state index in [0.29, 0.717) is 56.8 Å². The lowest BCUT2D eigenvalue weighted by molar-refractivity contribution is -0.902. The van der Waals surface area contributed by atoms with Crippen LogP contribution in [0.1, 0.15) is 34.1 Å². The summed E-state index contributed by atoms with van der Waals surface area (Å²) in [5.41, 5.74) is 1.14. The van der Waals surface area contributed by atoms with Crippen molar-refractivity contribution in [2.75, 3.05) is 45.0 Å². The van der Waals surface area contributed by atoms with Crippen LogP contribution in [-0.4, -0.2) is 74.5 Å². The molecule has 8 heteroatoms. The second-order valence-electron chi connectivity index (χ2n) is 7.69. The molecule has 0 radical (unpaired) electrons. The Labute approximate surface area is 170 Å². The van der Waals surface area contributed by atoms with Crippen molar-refractivity contribution in [3.8, 4) is 0 Å². The molecule has 1 fully saturated rings. The Morgan fingerprint density at radius 2 is 1.55 bits per heavy atom. The van der Waals surface area contributed by atoms with Gasteiger partial charge in [-0.15, -0.1) is 0 Å². The predicted molar refractivity (Wildman–Crippen MR) is 111 cm³/mol. The molecular weight excluding hydrogens is 390 g/mol. The van der Waals surface area contributed by atoms with Gasteiger partial charge in [0, 0.05) is 16.5 Å². The van der Waals surface area contributed by atoms with Gasteiger partial charge >= 0.3 is 0 Å². The number of benzene rings is 2. The number of amides is 2. The van der Waals surface area contributed by atoms with Gasteiger partial charge in [0.05, 0.1) is 45.0 Å². The van der Waals surface area contributed by atoms with Gasteiger partial charge < -0.3 is 4.90 Å². The van der Waals surface area contributed by atoms with Crippen molar-refractivity contribution in [2.24, 2.45) is 0 Å². The zero-order valence-corrected chi connectivity index (χ0v) is 17.4. The average molecular weight is 417 g/mol. The van der Waals surface area contributed by atoms with E-state index in [9.17, 15) is 18.0 Å². The number of hydrogen-bond acceptors (Lipinski definition) is 4. The topological polar surface area (TPSA) is 79.2 Å². The van der Waals surface area contributed by atoms with Crippen molar-refractivity contribution in [1.82, 2.24) is 9.21 Å². The SMILES string of the molecule is CCCS(=O)(=O)N1CC[NH+](CCN2C(=O)c3cccc4cccc(c34)C2=O)CC1. The fourth-order valence-corrected chi connectivity index (χ4v) is 5.78. The van der Waals surface area contributed by atoms with Gasteiger partial charge in [-0.25, -0.2) is 8.42 Å². The van der Waals surface area contributed by atoms with Crippen molar-refractivity contribution >= 4 is 32.6 Å². The molecule has 7 nitrogen and oxygen atoms in total. The van der Waals surface area contributed by atoms with E-state index in [0.717, 1.165) is 10.8 Å². The molecule has 2 aromatic carbocycles. The van der Waals surface area contributed by atoms with Gasteiger partial charge in [0.25, 0.3) is 11.8 Å². The summed E-state index contributed by atoms with van der Waals surface area (Å²) in [6.07, 6.45) is 0.614. The smallest absolute Gasteiger partial charge is 0.261 e. The molecule has 1 saturated heterocycles. The molecule has 2 heterocycles. The number of carbonyl (C=O) groups excluding carboxylic acids is 2. The Morgan fingerprint density at radius 1 is 0.966 bits per heavy atom. The maximum absolute atomic E-state index is 13.0. The number of hydrogen-bond donors (Lipinski definition) is 1. The Hall–Kier alpha value is -2.29. The van der Waals surface area contributed by atoms with Crippen molar-refractivity contribution in [3.63, 3.8) is 0 Å². The van der Waals surface area contributed by atoms with Crippen LogP contribution in [0.15, 0.2) is 36.4 Å². The van der Waals surface area contributed by atoms with E-state index in [1.807, 2.05) is 31.2 Å². The molecule has 1 N–H and O–H groups in total. The first-order valence-electron chi connectivity index (χ1n) is 10.1. The van der Waals surface area contributed by atoms with Crippen LogP contribution in [0.3, 0.4) is 0 Å². The maximum atomic E-state index is 13.0. The molecule has 0 aromatic heterocycles. The van der Waals surface area contributed by atoms with Crippen LogP contribution < -0.4 is 4.90 Å². The van der Waals surface area contributed by atoms with Crippen LogP contribution >= 0.6 is 0 Å². The lowest BCUT2D eigenvalue weighted by Crippen LogP contribution is -3.15. The standard InChI is InChI=1S/C21H25N3O4S/c1-2-15-29(27,28)23-12-9-22(10-13-23)11-14-24-20(25)17-7-3-5-16-6-4-8-18(19(16)17)21(24)26/h3-8H,2,9-15H2,1H3/p+1. The first-order valence-corrected chi connectivity index (χ1v) is 11.7. The van der Waals surface area contributed by atoms with Gasteiger partial charge in [-0.05, 0) is 23.9 Å². The molecule has 29 heavy (non-hydrogen) atoms. The van der Waals surface area contributed by atoms with Crippen LogP contribution in [0.25, 0.3) is 10.8 Å². The zero-order valence-electron chi connectivity index (χ0n) is 16.6. The van der Waals surface area contributed by atoms with Gasteiger partial charge in [0.2, 0.25) is 10.0 Å². The number of imide groups is 1. The Balaban J connectivity index is 1.43. The van der Waals surface area contributed by atoms with Gasteiger partial charge in [0.15, 0.2) is 0 Å². The fourth-order valence-electron chi connectivity index (χ4n) is 4.27. The second-order valence-corrected chi connectivity index (χ2v) is 9.77. The molecule has 0 aliphatic carbocycles. The minimum atomic E-state index is -3.16. The summed E-state index contributed by atoms with van der Waals surface area (Å²) >= 11 is 0. The van der Waals surface area contributed by atoms with E-state index in [1.54, 1.807) is 16.4 Å². The molecule has 2 aromatic rings. The maximum Gasteiger partial charge on any atom is 0.261 e. The number of carbonyl (C=O) groups is 2. The monoisotopic (exact) mass is 416 g/mol. The summed E-state index contributed by atoms with van der Waals surface area (Å²) in [6, 6.07) is 11.1. The van der Waals surface area contributed by atoms with E-state index in [-0.39, 0.29) is 17.6 Å². The van der Waals surface area contributed by atoms with E-state index < -0.39 is 10.0 Å². The van der Waals surface area contributed by atoms with Crippen LogP contribution in [0.4, 0.5) is 0 Å². The molecule has 2 aliphatic heterocycles. The third-order valence-corrected chi connectivity index (χ3v) is 7.91. The molecule has 154 valence electrons. The van der Waals surface area contributed by atoms with Gasteiger partial charge in [-0.1, -0.05) is 31.2 Å². The molecule has 0 bridgehead atoms. The van der Waals surface area contributed by atoms with Crippen LogP contribution in [-0.2, 0) is 10.0 Å². The lowest BCUT2D eigenvalue weighted by atomic mass is 9.94. The first kappa shape index (κ1) is 20.0. The summed E-state index contributed by atoms with van der Waals surface area (Å²) in [7, 11) is -3.16. The van der Waals surface area contributed by atoms with Crippen molar-refractivity contribution in [2.45, 2.75) is 13.3 Å². The number of sulfonamides is 1. The molecule has 0 atom stereocenters. The highest BCUT2D eigenvalue weighted by Crippen LogP contribution is 2.29. The highest BCUT2D eigenvalue weighted by Gasteiger charge is 2.34. The van der Waals surface area contributed by atoms with Crippen LogP contribution in [0, 0.1) is 0 Å². The van der Waals surface area contributed by atoms with Crippen molar-refractivity contribution in [3.05, 3.63) is 47.5 Å². The number of nitrogens with zero attached hydrogens (tertiary/aromatic N) is 2. The quantitative estimate of drug-likeness (QED) is 0.691. The number of piperazine rings is 1. The minimum absolute atomic E-state index is 0.185.